The van der Waals surface area contributed by atoms with Crippen molar-refractivity contribution in [3.05, 3.63) is 23.2 Å². The van der Waals surface area contributed by atoms with E-state index in [-0.39, 0.29) is 17.2 Å². The van der Waals surface area contributed by atoms with Crippen LogP contribution in [0.15, 0.2) is 23.1 Å². The molecule has 0 aliphatic heterocycles. The predicted molar refractivity (Wildman–Crippen MR) is 85.6 cm³/mol. The molecule has 1 heterocycles. The molecule has 0 saturated heterocycles. The topological polar surface area (TPSA) is 96.4 Å². The van der Waals surface area contributed by atoms with Crippen molar-refractivity contribution in [1.29, 1.82) is 0 Å². The number of carboxylic acids is 1. The number of aryl methyl sites for hydroxylation is 1. The number of aromatic nitrogens is 1. The number of benzene rings is 1. The summed E-state index contributed by atoms with van der Waals surface area (Å²) in [6, 6.07) is 3.46. The Kier molecular flexibility index (Phi) is 4.84. The standard InChI is InChI=1S/C14H18N2O4S2/c1-8(2)6-12(14(17)18)16-22(19,20)10-4-5-11-13(7-10)21-9(3)15-11/h4-5,7-8,12,16H,6H2,1-3H3,(H,17,18)/t12-/m1/s1. The molecule has 0 aliphatic carbocycles. The summed E-state index contributed by atoms with van der Waals surface area (Å²) in [5.74, 6) is -1.11. The largest absolute Gasteiger partial charge is 0.480 e. The smallest absolute Gasteiger partial charge is 0.321 e. The van der Waals surface area contributed by atoms with Crippen LogP contribution < -0.4 is 4.72 Å². The van der Waals surface area contributed by atoms with Gasteiger partial charge in [0.15, 0.2) is 0 Å². The van der Waals surface area contributed by atoms with Gasteiger partial charge in [-0.2, -0.15) is 4.72 Å². The first-order chi connectivity index (χ1) is 10.2. The van der Waals surface area contributed by atoms with Gasteiger partial charge in [0.25, 0.3) is 0 Å². The summed E-state index contributed by atoms with van der Waals surface area (Å²) < 4.78 is 27.8. The van der Waals surface area contributed by atoms with Gasteiger partial charge in [-0.15, -0.1) is 11.3 Å². The molecule has 0 saturated carbocycles. The Morgan fingerprint density at radius 1 is 1.41 bits per heavy atom. The van der Waals surface area contributed by atoms with Crippen molar-refractivity contribution in [2.24, 2.45) is 5.92 Å². The van der Waals surface area contributed by atoms with Crippen LogP contribution in [0.2, 0.25) is 0 Å². The van der Waals surface area contributed by atoms with E-state index in [0.29, 0.717) is 0 Å². The molecule has 0 fully saturated rings. The van der Waals surface area contributed by atoms with Crippen LogP contribution in [0, 0.1) is 12.8 Å². The number of rotatable bonds is 6. The fourth-order valence-corrected chi connectivity index (χ4v) is 4.28. The van der Waals surface area contributed by atoms with Crippen LogP contribution in [0.3, 0.4) is 0 Å². The van der Waals surface area contributed by atoms with Crippen molar-refractivity contribution in [1.82, 2.24) is 9.71 Å². The highest BCUT2D eigenvalue weighted by molar-refractivity contribution is 7.89. The van der Waals surface area contributed by atoms with Gasteiger partial charge in [-0.1, -0.05) is 13.8 Å². The molecule has 0 aliphatic rings. The van der Waals surface area contributed by atoms with E-state index in [1.54, 1.807) is 6.07 Å². The van der Waals surface area contributed by atoms with E-state index in [2.05, 4.69) is 9.71 Å². The van der Waals surface area contributed by atoms with E-state index < -0.39 is 22.0 Å². The zero-order valence-corrected chi connectivity index (χ0v) is 14.2. The number of thiazole rings is 1. The number of hydrogen-bond donors (Lipinski definition) is 2. The van der Waals surface area contributed by atoms with E-state index in [1.807, 2.05) is 20.8 Å². The monoisotopic (exact) mass is 342 g/mol. The minimum absolute atomic E-state index is 0.0543. The molecule has 0 radical (unpaired) electrons. The zero-order chi connectivity index (χ0) is 16.5. The van der Waals surface area contributed by atoms with Gasteiger partial charge in [0.05, 0.1) is 20.1 Å². The molecule has 0 spiro atoms. The van der Waals surface area contributed by atoms with Gasteiger partial charge < -0.3 is 5.11 Å². The summed E-state index contributed by atoms with van der Waals surface area (Å²) >= 11 is 1.40. The number of carbonyl (C=O) groups is 1. The predicted octanol–water partition coefficient (Wildman–Crippen LogP) is 2.38. The van der Waals surface area contributed by atoms with Crippen LogP contribution in [0.1, 0.15) is 25.3 Å². The second-order valence-corrected chi connectivity index (χ2v) is 8.45. The van der Waals surface area contributed by atoms with E-state index in [1.165, 1.54) is 23.5 Å². The molecule has 22 heavy (non-hydrogen) atoms. The number of aliphatic carboxylic acids is 1. The first-order valence-corrected chi connectivity index (χ1v) is 9.11. The van der Waals surface area contributed by atoms with Gasteiger partial charge in [0.1, 0.15) is 6.04 Å². The summed E-state index contributed by atoms with van der Waals surface area (Å²) in [5.41, 5.74) is 0.735. The van der Waals surface area contributed by atoms with Crippen molar-refractivity contribution < 1.29 is 18.3 Å². The maximum absolute atomic E-state index is 12.4. The minimum atomic E-state index is -3.88. The second-order valence-electron chi connectivity index (χ2n) is 5.50. The molecule has 2 N–H and O–H groups in total. The van der Waals surface area contributed by atoms with Crippen LogP contribution in [0.25, 0.3) is 10.2 Å². The van der Waals surface area contributed by atoms with E-state index in [4.69, 9.17) is 0 Å². The number of fused-ring (bicyclic) bond motifs is 1. The highest BCUT2D eigenvalue weighted by Gasteiger charge is 2.26. The summed E-state index contributed by atoms with van der Waals surface area (Å²) in [6.45, 7) is 5.53. The SMILES string of the molecule is Cc1nc2ccc(S(=O)(=O)N[C@H](CC(C)C)C(=O)O)cc2s1. The Morgan fingerprint density at radius 3 is 2.68 bits per heavy atom. The van der Waals surface area contributed by atoms with E-state index >= 15 is 0 Å². The van der Waals surface area contributed by atoms with Gasteiger partial charge in [0.2, 0.25) is 10.0 Å². The highest BCUT2D eigenvalue weighted by atomic mass is 32.2. The molecule has 0 unspecified atom stereocenters. The highest BCUT2D eigenvalue weighted by Crippen LogP contribution is 2.24. The normalized spacial score (nSPS) is 13.6. The average Bonchev–Trinajstić information content (AvgIpc) is 2.75. The van der Waals surface area contributed by atoms with Crippen molar-refractivity contribution in [3.63, 3.8) is 0 Å². The van der Waals surface area contributed by atoms with Crippen molar-refractivity contribution >= 4 is 37.5 Å². The molecule has 1 aromatic heterocycles. The van der Waals surface area contributed by atoms with Gasteiger partial charge >= 0.3 is 5.97 Å². The molecule has 6 nitrogen and oxygen atoms in total. The van der Waals surface area contributed by atoms with Crippen LogP contribution in [0.5, 0.6) is 0 Å². The number of nitrogens with zero attached hydrogens (tertiary/aromatic N) is 1. The molecule has 2 rings (SSSR count). The second kappa shape index (κ2) is 6.31. The molecule has 0 amide bonds. The first-order valence-electron chi connectivity index (χ1n) is 6.81. The maximum atomic E-state index is 12.4. The molecule has 8 heteroatoms. The van der Waals surface area contributed by atoms with Gasteiger partial charge in [-0.3, -0.25) is 4.79 Å². The number of carboxylic acid groups (broad SMARTS) is 1. The van der Waals surface area contributed by atoms with Gasteiger partial charge in [-0.25, -0.2) is 13.4 Å². The Bertz CT molecular complexity index is 796. The lowest BCUT2D eigenvalue weighted by atomic mass is 10.1. The van der Waals surface area contributed by atoms with Gasteiger partial charge in [0, 0.05) is 0 Å². The van der Waals surface area contributed by atoms with Gasteiger partial charge in [-0.05, 0) is 37.5 Å². The lowest BCUT2D eigenvalue weighted by Gasteiger charge is -2.16. The molecule has 120 valence electrons. The number of hydrogen-bond acceptors (Lipinski definition) is 5. The van der Waals surface area contributed by atoms with E-state index in [9.17, 15) is 18.3 Å². The summed E-state index contributed by atoms with van der Waals surface area (Å²) in [7, 11) is -3.88. The Morgan fingerprint density at radius 2 is 2.09 bits per heavy atom. The van der Waals surface area contributed by atoms with E-state index in [0.717, 1.165) is 15.2 Å². The summed E-state index contributed by atoms with van der Waals surface area (Å²) in [5, 5.41) is 10.0. The molecular formula is C14H18N2O4S2. The Labute approximate surface area is 133 Å². The lowest BCUT2D eigenvalue weighted by molar-refractivity contribution is -0.139. The van der Waals surface area contributed by atoms with Crippen molar-refractivity contribution in [3.8, 4) is 0 Å². The third-order valence-corrected chi connectivity index (χ3v) is 5.48. The zero-order valence-electron chi connectivity index (χ0n) is 12.5. The maximum Gasteiger partial charge on any atom is 0.321 e. The minimum Gasteiger partial charge on any atom is -0.480 e. The first kappa shape index (κ1) is 16.9. The Balaban J connectivity index is 2.32. The molecule has 0 bridgehead atoms. The van der Waals surface area contributed by atoms with Crippen molar-refractivity contribution in [2.45, 2.75) is 38.1 Å². The van der Waals surface area contributed by atoms with Crippen LogP contribution >= 0.6 is 11.3 Å². The van der Waals surface area contributed by atoms with Crippen LogP contribution in [-0.4, -0.2) is 30.5 Å². The molecular weight excluding hydrogens is 324 g/mol. The number of sulfonamides is 1. The fourth-order valence-electron chi connectivity index (χ4n) is 2.11. The molecule has 1 atom stereocenters. The van der Waals surface area contributed by atoms with Crippen LogP contribution in [-0.2, 0) is 14.8 Å². The quantitative estimate of drug-likeness (QED) is 0.840. The lowest BCUT2D eigenvalue weighted by Crippen LogP contribution is -2.41. The average molecular weight is 342 g/mol. The van der Waals surface area contributed by atoms with Crippen LogP contribution in [0.4, 0.5) is 0 Å². The molecule has 2 aromatic rings. The third-order valence-electron chi connectivity index (χ3n) is 3.08. The molecule has 1 aromatic carbocycles. The third kappa shape index (κ3) is 3.82. The Hall–Kier alpha value is -1.51. The fraction of sp³-hybridized carbons (Fsp3) is 0.429. The van der Waals surface area contributed by atoms with Crippen molar-refractivity contribution in [2.75, 3.05) is 0 Å². The summed E-state index contributed by atoms with van der Waals surface area (Å²) in [4.78, 5) is 15.6. The summed E-state index contributed by atoms with van der Waals surface area (Å²) in [6.07, 6.45) is 0.233. The number of nitrogens with one attached hydrogen (secondary N) is 1.